The van der Waals surface area contributed by atoms with Crippen LogP contribution in [0.3, 0.4) is 0 Å². The first-order chi connectivity index (χ1) is 7.21. The first-order valence-corrected chi connectivity index (χ1v) is 5.36. The third kappa shape index (κ3) is 3.13. The van der Waals surface area contributed by atoms with Crippen LogP contribution in [0.1, 0.15) is 19.4 Å². The van der Waals surface area contributed by atoms with E-state index >= 15 is 0 Å². The largest absolute Gasteiger partial charge is 0.496 e. The van der Waals surface area contributed by atoms with Crippen LogP contribution in [-0.2, 0) is 6.54 Å². The molecular formula is C12H20N2O. The lowest BCUT2D eigenvalue weighted by Gasteiger charge is -2.19. The number of benzene rings is 1. The Hall–Kier alpha value is -1.22. The predicted molar refractivity (Wildman–Crippen MR) is 64.0 cm³/mol. The van der Waals surface area contributed by atoms with E-state index in [9.17, 15) is 0 Å². The van der Waals surface area contributed by atoms with Gasteiger partial charge in [0.2, 0.25) is 0 Å². The Morgan fingerprint density at radius 3 is 2.47 bits per heavy atom. The number of methoxy groups -OCH3 is 1. The van der Waals surface area contributed by atoms with E-state index in [-0.39, 0.29) is 0 Å². The molecule has 0 heterocycles. The number of nitrogens with two attached hydrogens (primary N) is 1. The second kappa shape index (κ2) is 5.61. The molecule has 0 unspecified atom stereocenters. The standard InChI is InChI=1S/C12H20N2O/c1-4-14(5-2)9-10-6-7-11(13)8-12(10)15-3/h6-8H,4-5,9,13H2,1-3H3. The number of hydrogen-bond acceptors (Lipinski definition) is 3. The molecule has 0 aliphatic rings. The maximum absolute atomic E-state index is 5.71. The van der Waals surface area contributed by atoms with E-state index in [4.69, 9.17) is 10.5 Å². The van der Waals surface area contributed by atoms with E-state index in [1.165, 1.54) is 5.56 Å². The number of rotatable bonds is 5. The molecule has 3 heteroatoms. The van der Waals surface area contributed by atoms with Crippen molar-refractivity contribution in [2.45, 2.75) is 20.4 Å². The summed E-state index contributed by atoms with van der Waals surface area (Å²) in [6, 6.07) is 5.83. The summed E-state index contributed by atoms with van der Waals surface area (Å²) >= 11 is 0. The average molecular weight is 208 g/mol. The molecule has 0 fully saturated rings. The summed E-state index contributed by atoms with van der Waals surface area (Å²) in [7, 11) is 1.68. The van der Waals surface area contributed by atoms with Gasteiger partial charge in [0.05, 0.1) is 7.11 Å². The molecule has 0 atom stereocenters. The van der Waals surface area contributed by atoms with Crippen molar-refractivity contribution < 1.29 is 4.74 Å². The summed E-state index contributed by atoms with van der Waals surface area (Å²) < 4.78 is 5.31. The van der Waals surface area contributed by atoms with E-state index in [0.717, 1.165) is 31.1 Å². The van der Waals surface area contributed by atoms with Crippen LogP contribution in [-0.4, -0.2) is 25.1 Å². The minimum Gasteiger partial charge on any atom is -0.496 e. The van der Waals surface area contributed by atoms with Crippen LogP contribution in [0.2, 0.25) is 0 Å². The van der Waals surface area contributed by atoms with Gasteiger partial charge in [-0.05, 0) is 19.2 Å². The molecule has 0 aliphatic carbocycles. The van der Waals surface area contributed by atoms with Gasteiger partial charge in [0, 0.05) is 23.9 Å². The van der Waals surface area contributed by atoms with Crippen LogP contribution in [0.25, 0.3) is 0 Å². The van der Waals surface area contributed by atoms with Crippen molar-refractivity contribution in [3.8, 4) is 5.75 Å². The normalized spacial score (nSPS) is 10.7. The number of nitrogen functional groups attached to an aromatic ring is 1. The van der Waals surface area contributed by atoms with Gasteiger partial charge in [0.25, 0.3) is 0 Å². The summed E-state index contributed by atoms with van der Waals surface area (Å²) in [6.07, 6.45) is 0. The molecule has 1 rings (SSSR count). The van der Waals surface area contributed by atoms with Gasteiger partial charge in [-0.15, -0.1) is 0 Å². The molecule has 1 aromatic carbocycles. The molecule has 15 heavy (non-hydrogen) atoms. The molecule has 0 spiro atoms. The average Bonchev–Trinajstić information content (AvgIpc) is 2.27. The molecule has 0 saturated carbocycles. The molecular weight excluding hydrogens is 188 g/mol. The maximum atomic E-state index is 5.71. The van der Waals surface area contributed by atoms with Gasteiger partial charge in [-0.1, -0.05) is 19.9 Å². The number of hydrogen-bond donors (Lipinski definition) is 1. The molecule has 0 amide bonds. The third-order valence-electron chi connectivity index (χ3n) is 2.60. The van der Waals surface area contributed by atoms with Gasteiger partial charge < -0.3 is 10.5 Å². The highest BCUT2D eigenvalue weighted by Crippen LogP contribution is 2.22. The van der Waals surface area contributed by atoms with Crippen molar-refractivity contribution in [1.82, 2.24) is 4.90 Å². The van der Waals surface area contributed by atoms with Crippen LogP contribution in [0.5, 0.6) is 5.75 Å². The molecule has 0 aromatic heterocycles. The Labute approximate surface area is 91.8 Å². The summed E-state index contributed by atoms with van der Waals surface area (Å²) in [5.74, 6) is 0.877. The van der Waals surface area contributed by atoms with Crippen molar-refractivity contribution in [2.75, 3.05) is 25.9 Å². The SMILES string of the molecule is CCN(CC)Cc1ccc(N)cc1OC. The van der Waals surface area contributed by atoms with Crippen LogP contribution in [0.15, 0.2) is 18.2 Å². The molecule has 0 saturated heterocycles. The van der Waals surface area contributed by atoms with E-state index in [2.05, 4.69) is 18.7 Å². The van der Waals surface area contributed by atoms with E-state index in [0.29, 0.717) is 0 Å². The van der Waals surface area contributed by atoms with E-state index in [1.807, 2.05) is 18.2 Å². The Balaban J connectivity index is 2.83. The minimum absolute atomic E-state index is 0.746. The molecule has 1 aromatic rings. The first kappa shape index (κ1) is 11.9. The van der Waals surface area contributed by atoms with Gasteiger partial charge in [-0.2, -0.15) is 0 Å². The van der Waals surface area contributed by atoms with Crippen LogP contribution >= 0.6 is 0 Å². The van der Waals surface area contributed by atoms with Crippen LogP contribution in [0, 0.1) is 0 Å². The fraction of sp³-hybridized carbons (Fsp3) is 0.500. The quantitative estimate of drug-likeness (QED) is 0.753. The van der Waals surface area contributed by atoms with Crippen LogP contribution in [0.4, 0.5) is 5.69 Å². The lowest BCUT2D eigenvalue weighted by Crippen LogP contribution is -2.22. The number of ether oxygens (including phenoxy) is 1. The van der Waals surface area contributed by atoms with E-state index < -0.39 is 0 Å². The van der Waals surface area contributed by atoms with Gasteiger partial charge in [-0.25, -0.2) is 0 Å². The summed E-state index contributed by atoms with van der Waals surface area (Å²) in [5.41, 5.74) is 7.64. The van der Waals surface area contributed by atoms with Gasteiger partial charge >= 0.3 is 0 Å². The zero-order valence-electron chi connectivity index (χ0n) is 9.79. The first-order valence-electron chi connectivity index (χ1n) is 5.36. The second-order valence-corrected chi connectivity index (χ2v) is 3.53. The molecule has 0 radical (unpaired) electrons. The van der Waals surface area contributed by atoms with Gasteiger partial charge in [0.15, 0.2) is 0 Å². The Bertz CT molecular complexity index is 308. The smallest absolute Gasteiger partial charge is 0.125 e. The predicted octanol–water partition coefficient (Wildman–Crippen LogP) is 2.12. The maximum Gasteiger partial charge on any atom is 0.125 e. The van der Waals surface area contributed by atoms with Crippen molar-refractivity contribution in [1.29, 1.82) is 0 Å². The zero-order chi connectivity index (χ0) is 11.3. The Morgan fingerprint density at radius 1 is 1.27 bits per heavy atom. The van der Waals surface area contributed by atoms with Crippen molar-refractivity contribution in [3.63, 3.8) is 0 Å². The molecule has 3 nitrogen and oxygen atoms in total. The van der Waals surface area contributed by atoms with E-state index in [1.54, 1.807) is 7.11 Å². The van der Waals surface area contributed by atoms with Gasteiger partial charge in [0.1, 0.15) is 5.75 Å². The highest BCUT2D eigenvalue weighted by molar-refractivity contribution is 5.48. The molecule has 0 bridgehead atoms. The molecule has 2 N–H and O–H groups in total. The highest BCUT2D eigenvalue weighted by atomic mass is 16.5. The third-order valence-corrected chi connectivity index (χ3v) is 2.60. The fourth-order valence-corrected chi connectivity index (χ4v) is 1.58. The number of anilines is 1. The summed E-state index contributed by atoms with van der Waals surface area (Å²) in [6.45, 7) is 7.32. The Morgan fingerprint density at radius 2 is 1.93 bits per heavy atom. The summed E-state index contributed by atoms with van der Waals surface area (Å²) in [5, 5.41) is 0. The lowest BCUT2D eigenvalue weighted by atomic mass is 10.1. The minimum atomic E-state index is 0.746. The Kier molecular flexibility index (Phi) is 4.43. The summed E-state index contributed by atoms with van der Waals surface area (Å²) in [4.78, 5) is 2.34. The fourth-order valence-electron chi connectivity index (χ4n) is 1.58. The molecule has 84 valence electrons. The van der Waals surface area contributed by atoms with Crippen LogP contribution < -0.4 is 10.5 Å². The zero-order valence-corrected chi connectivity index (χ0v) is 9.79. The van der Waals surface area contributed by atoms with Crippen molar-refractivity contribution in [2.24, 2.45) is 0 Å². The topological polar surface area (TPSA) is 38.5 Å². The highest BCUT2D eigenvalue weighted by Gasteiger charge is 2.06. The second-order valence-electron chi connectivity index (χ2n) is 3.53. The van der Waals surface area contributed by atoms with Crippen molar-refractivity contribution in [3.05, 3.63) is 23.8 Å². The number of nitrogens with zero attached hydrogens (tertiary/aromatic N) is 1. The lowest BCUT2D eigenvalue weighted by molar-refractivity contribution is 0.289. The van der Waals surface area contributed by atoms with Crippen molar-refractivity contribution >= 4 is 5.69 Å². The monoisotopic (exact) mass is 208 g/mol. The van der Waals surface area contributed by atoms with Gasteiger partial charge in [-0.3, -0.25) is 4.90 Å². The molecule has 0 aliphatic heterocycles.